The molecule has 1 unspecified atom stereocenters. The summed E-state index contributed by atoms with van der Waals surface area (Å²) in [7, 11) is 0. The van der Waals surface area contributed by atoms with Gasteiger partial charge >= 0.3 is 0 Å². The Balaban J connectivity index is 1.54. The molecule has 0 aromatic heterocycles. The first kappa shape index (κ1) is 12.3. The molecule has 0 bridgehead atoms. The number of hydrogen-bond donors (Lipinski definition) is 1. The number of ether oxygens (including phenoxy) is 1. The molecular formula is C13H26N2O. The summed E-state index contributed by atoms with van der Waals surface area (Å²) in [5.74, 6) is 1.75. The van der Waals surface area contributed by atoms with Crippen molar-refractivity contribution in [2.24, 2.45) is 11.8 Å². The van der Waals surface area contributed by atoms with Crippen LogP contribution in [0.4, 0.5) is 0 Å². The maximum absolute atomic E-state index is 5.37. The van der Waals surface area contributed by atoms with Gasteiger partial charge in [0.1, 0.15) is 0 Å². The third-order valence-corrected chi connectivity index (χ3v) is 4.02. The molecular weight excluding hydrogens is 200 g/mol. The van der Waals surface area contributed by atoms with Crippen molar-refractivity contribution in [3.63, 3.8) is 0 Å². The minimum atomic E-state index is 0.859. The van der Waals surface area contributed by atoms with Gasteiger partial charge in [0.25, 0.3) is 0 Å². The van der Waals surface area contributed by atoms with Crippen LogP contribution in [0, 0.1) is 11.8 Å². The van der Waals surface area contributed by atoms with Gasteiger partial charge in [0.05, 0.1) is 0 Å². The first-order valence-electron chi connectivity index (χ1n) is 6.89. The molecule has 2 rings (SSSR count). The Morgan fingerprint density at radius 3 is 2.56 bits per heavy atom. The predicted octanol–water partition coefficient (Wildman–Crippen LogP) is 1.34. The normalized spacial score (nSPS) is 28.7. The Hall–Kier alpha value is -0.120. The maximum Gasteiger partial charge on any atom is 0.0469 e. The molecule has 0 aliphatic carbocycles. The van der Waals surface area contributed by atoms with Crippen molar-refractivity contribution < 1.29 is 4.74 Å². The van der Waals surface area contributed by atoms with E-state index in [4.69, 9.17) is 4.74 Å². The molecule has 0 spiro atoms. The van der Waals surface area contributed by atoms with Gasteiger partial charge in [-0.05, 0) is 57.3 Å². The highest BCUT2D eigenvalue weighted by atomic mass is 16.5. The number of hydrogen-bond acceptors (Lipinski definition) is 3. The van der Waals surface area contributed by atoms with E-state index in [-0.39, 0.29) is 0 Å². The van der Waals surface area contributed by atoms with Crippen LogP contribution in [0.25, 0.3) is 0 Å². The molecule has 1 atom stereocenters. The van der Waals surface area contributed by atoms with E-state index in [2.05, 4.69) is 17.1 Å². The van der Waals surface area contributed by atoms with Crippen LogP contribution in [-0.4, -0.2) is 50.8 Å². The summed E-state index contributed by atoms with van der Waals surface area (Å²) in [6.07, 6.45) is 3.88. The lowest BCUT2D eigenvalue weighted by molar-refractivity contribution is 0.0661. The second-order valence-electron chi connectivity index (χ2n) is 5.26. The van der Waals surface area contributed by atoms with Gasteiger partial charge in [0, 0.05) is 19.8 Å². The standard InChI is InChI=1S/C13H26N2O/c1-2-15-6-3-13(11-15)10-14-9-12-4-7-16-8-5-12/h12-14H,2-11H2,1H3. The first-order valence-corrected chi connectivity index (χ1v) is 6.89. The molecule has 0 saturated carbocycles. The van der Waals surface area contributed by atoms with Crippen molar-refractivity contribution in [2.45, 2.75) is 26.2 Å². The zero-order valence-electron chi connectivity index (χ0n) is 10.6. The van der Waals surface area contributed by atoms with E-state index in [0.717, 1.165) is 25.0 Å². The smallest absolute Gasteiger partial charge is 0.0469 e. The van der Waals surface area contributed by atoms with E-state index in [1.165, 1.54) is 52.0 Å². The molecule has 2 fully saturated rings. The Morgan fingerprint density at radius 2 is 1.88 bits per heavy atom. The molecule has 1 N–H and O–H groups in total. The highest BCUT2D eigenvalue weighted by Gasteiger charge is 2.21. The van der Waals surface area contributed by atoms with Gasteiger partial charge in [0.15, 0.2) is 0 Å². The van der Waals surface area contributed by atoms with Crippen LogP contribution >= 0.6 is 0 Å². The quantitative estimate of drug-likeness (QED) is 0.766. The number of nitrogens with one attached hydrogen (secondary N) is 1. The van der Waals surface area contributed by atoms with E-state index in [1.807, 2.05) is 0 Å². The Kier molecular flexibility index (Phi) is 5.07. The van der Waals surface area contributed by atoms with Crippen LogP contribution in [0.5, 0.6) is 0 Å². The van der Waals surface area contributed by atoms with Crippen molar-refractivity contribution in [3.05, 3.63) is 0 Å². The lowest BCUT2D eigenvalue weighted by Crippen LogP contribution is -2.32. The molecule has 2 aliphatic heterocycles. The van der Waals surface area contributed by atoms with E-state index in [9.17, 15) is 0 Å². The SMILES string of the molecule is CCN1CCC(CNCC2CCOCC2)C1. The molecule has 94 valence electrons. The van der Waals surface area contributed by atoms with E-state index in [1.54, 1.807) is 0 Å². The van der Waals surface area contributed by atoms with E-state index >= 15 is 0 Å². The molecule has 16 heavy (non-hydrogen) atoms. The summed E-state index contributed by atoms with van der Waals surface area (Å²) in [4.78, 5) is 2.56. The molecule has 2 saturated heterocycles. The highest BCUT2D eigenvalue weighted by molar-refractivity contribution is 4.77. The van der Waals surface area contributed by atoms with Gasteiger partial charge < -0.3 is 15.0 Å². The van der Waals surface area contributed by atoms with Crippen LogP contribution in [0.15, 0.2) is 0 Å². The van der Waals surface area contributed by atoms with Gasteiger partial charge in [-0.3, -0.25) is 0 Å². The minimum Gasteiger partial charge on any atom is -0.381 e. The lowest BCUT2D eigenvalue weighted by atomic mass is 10.00. The van der Waals surface area contributed by atoms with E-state index in [0.29, 0.717) is 0 Å². The summed E-state index contributed by atoms with van der Waals surface area (Å²) in [5.41, 5.74) is 0. The fourth-order valence-electron chi connectivity index (χ4n) is 2.81. The van der Waals surface area contributed by atoms with Crippen molar-refractivity contribution in [1.29, 1.82) is 0 Å². The molecule has 0 aromatic carbocycles. The minimum absolute atomic E-state index is 0.859. The molecule has 2 aliphatic rings. The largest absolute Gasteiger partial charge is 0.381 e. The predicted molar refractivity (Wildman–Crippen MR) is 66.6 cm³/mol. The second-order valence-corrected chi connectivity index (χ2v) is 5.26. The van der Waals surface area contributed by atoms with Crippen LogP contribution in [0.2, 0.25) is 0 Å². The topological polar surface area (TPSA) is 24.5 Å². The maximum atomic E-state index is 5.37. The van der Waals surface area contributed by atoms with Gasteiger partial charge in [-0.2, -0.15) is 0 Å². The van der Waals surface area contributed by atoms with Gasteiger partial charge in [0.2, 0.25) is 0 Å². The lowest BCUT2D eigenvalue weighted by Gasteiger charge is -2.23. The summed E-state index contributed by atoms with van der Waals surface area (Å²) in [6.45, 7) is 10.4. The average molecular weight is 226 g/mol. The monoisotopic (exact) mass is 226 g/mol. The molecule has 0 radical (unpaired) electrons. The fraction of sp³-hybridized carbons (Fsp3) is 1.00. The van der Waals surface area contributed by atoms with Gasteiger partial charge in [-0.25, -0.2) is 0 Å². The Labute approximate surface area is 99.5 Å². The summed E-state index contributed by atoms with van der Waals surface area (Å²) in [6, 6.07) is 0. The van der Waals surface area contributed by atoms with Crippen molar-refractivity contribution in [1.82, 2.24) is 10.2 Å². The van der Waals surface area contributed by atoms with Crippen LogP contribution in [-0.2, 0) is 4.74 Å². The molecule has 3 heteroatoms. The number of likely N-dealkylation sites (tertiary alicyclic amines) is 1. The van der Waals surface area contributed by atoms with Crippen molar-refractivity contribution >= 4 is 0 Å². The highest BCUT2D eigenvalue weighted by Crippen LogP contribution is 2.16. The molecule has 0 amide bonds. The molecule has 2 heterocycles. The Bertz CT molecular complexity index is 192. The van der Waals surface area contributed by atoms with Crippen LogP contribution < -0.4 is 5.32 Å². The number of nitrogens with zero attached hydrogens (tertiary/aromatic N) is 1. The van der Waals surface area contributed by atoms with Gasteiger partial charge in [-0.1, -0.05) is 6.92 Å². The second kappa shape index (κ2) is 6.58. The average Bonchev–Trinajstić information content (AvgIpc) is 2.78. The van der Waals surface area contributed by atoms with E-state index < -0.39 is 0 Å². The zero-order valence-corrected chi connectivity index (χ0v) is 10.6. The van der Waals surface area contributed by atoms with Crippen LogP contribution in [0.1, 0.15) is 26.2 Å². The molecule has 3 nitrogen and oxygen atoms in total. The third-order valence-electron chi connectivity index (χ3n) is 4.02. The number of rotatable bonds is 5. The zero-order chi connectivity index (χ0) is 11.2. The first-order chi connectivity index (χ1) is 7.88. The van der Waals surface area contributed by atoms with Crippen molar-refractivity contribution in [2.75, 3.05) is 45.9 Å². The Morgan fingerprint density at radius 1 is 1.12 bits per heavy atom. The summed E-state index contributed by atoms with van der Waals surface area (Å²) in [5, 5.41) is 3.66. The summed E-state index contributed by atoms with van der Waals surface area (Å²) >= 11 is 0. The summed E-state index contributed by atoms with van der Waals surface area (Å²) < 4.78 is 5.37. The van der Waals surface area contributed by atoms with Crippen molar-refractivity contribution in [3.8, 4) is 0 Å². The molecule has 0 aromatic rings. The van der Waals surface area contributed by atoms with Gasteiger partial charge in [-0.15, -0.1) is 0 Å². The fourth-order valence-corrected chi connectivity index (χ4v) is 2.81. The third kappa shape index (κ3) is 3.72. The van der Waals surface area contributed by atoms with Crippen LogP contribution in [0.3, 0.4) is 0 Å².